The average Bonchev–Trinajstić information content (AvgIpc) is 2.20. The van der Waals surface area contributed by atoms with Crippen LogP contribution in [0.4, 0.5) is 9.18 Å². The van der Waals surface area contributed by atoms with Crippen molar-refractivity contribution in [3.63, 3.8) is 0 Å². The number of hydrogen-bond acceptors (Lipinski definition) is 2. The molecule has 0 bridgehead atoms. The number of hydrazone groups is 1. The number of amides is 2. The topological polar surface area (TPSA) is 67.5 Å². The van der Waals surface area contributed by atoms with Crippen LogP contribution in [0.15, 0.2) is 23.3 Å². The van der Waals surface area contributed by atoms with Crippen molar-refractivity contribution in [2.45, 2.75) is 0 Å². The molecule has 0 aliphatic heterocycles. The molecule has 0 atom stereocenters. The molecule has 1 rings (SSSR count). The van der Waals surface area contributed by atoms with E-state index >= 15 is 0 Å². The van der Waals surface area contributed by atoms with E-state index in [1.807, 2.05) is 5.43 Å². The first-order chi connectivity index (χ1) is 7.13. The van der Waals surface area contributed by atoms with Crippen molar-refractivity contribution in [2.75, 3.05) is 0 Å². The fourth-order valence-corrected chi connectivity index (χ4v) is 0.887. The SMILES string of the molecule is C#Cc1ccc(C=NNC(N)=O)c(F)c1. The highest BCUT2D eigenvalue weighted by atomic mass is 19.1. The summed E-state index contributed by atoms with van der Waals surface area (Å²) in [6.45, 7) is 0. The van der Waals surface area contributed by atoms with Gasteiger partial charge in [0.1, 0.15) is 5.82 Å². The number of benzene rings is 1. The molecule has 0 fully saturated rings. The van der Waals surface area contributed by atoms with Gasteiger partial charge in [0.15, 0.2) is 0 Å². The third kappa shape index (κ3) is 3.12. The molecule has 0 heterocycles. The van der Waals surface area contributed by atoms with E-state index in [0.717, 1.165) is 6.21 Å². The summed E-state index contributed by atoms with van der Waals surface area (Å²) < 4.78 is 13.2. The smallest absolute Gasteiger partial charge is 0.332 e. The van der Waals surface area contributed by atoms with Crippen LogP contribution in [0.25, 0.3) is 0 Å². The van der Waals surface area contributed by atoms with E-state index in [2.05, 4.69) is 11.0 Å². The fraction of sp³-hybridized carbons (Fsp3) is 0. The molecule has 0 radical (unpaired) electrons. The molecule has 5 heteroatoms. The second-order valence-corrected chi connectivity index (χ2v) is 2.61. The highest BCUT2D eigenvalue weighted by Gasteiger charge is 1.99. The zero-order chi connectivity index (χ0) is 11.3. The predicted molar refractivity (Wildman–Crippen MR) is 54.6 cm³/mol. The number of rotatable bonds is 2. The Bertz CT molecular complexity index is 448. The molecule has 0 saturated carbocycles. The highest BCUT2D eigenvalue weighted by Crippen LogP contribution is 2.07. The van der Waals surface area contributed by atoms with Crippen LogP contribution in [0.5, 0.6) is 0 Å². The fourth-order valence-electron chi connectivity index (χ4n) is 0.887. The summed E-state index contributed by atoms with van der Waals surface area (Å²) in [6.07, 6.45) is 6.22. The first-order valence-electron chi connectivity index (χ1n) is 3.98. The van der Waals surface area contributed by atoms with Crippen molar-refractivity contribution in [3.8, 4) is 12.3 Å². The van der Waals surface area contributed by atoms with Gasteiger partial charge in [0.25, 0.3) is 0 Å². The summed E-state index contributed by atoms with van der Waals surface area (Å²) in [5, 5.41) is 3.42. The number of halogens is 1. The lowest BCUT2D eigenvalue weighted by Crippen LogP contribution is -2.24. The van der Waals surface area contributed by atoms with Crippen LogP contribution in [-0.2, 0) is 0 Å². The zero-order valence-corrected chi connectivity index (χ0v) is 7.70. The molecule has 1 aromatic rings. The number of nitrogens with zero attached hydrogens (tertiary/aromatic N) is 1. The van der Waals surface area contributed by atoms with Gasteiger partial charge in [0.05, 0.1) is 6.21 Å². The van der Waals surface area contributed by atoms with Gasteiger partial charge >= 0.3 is 6.03 Å². The van der Waals surface area contributed by atoms with Crippen LogP contribution in [0.3, 0.4) is 0 Å². The number of terminal acetylenes is 1. The minimum Gasteiger partial charge on any atom is -0.350 e. The maximum absolute atomic E-state index is 13.2. The minimum absolute atomic E-state index is 0.211. The number of hydrogen-bond donors (Lipinski definition) is 2. The van der Waals surface area contributed by atoms with Crippen molar-refractivity contribution in [1.29, 1.82) is 0 Å². The molecule has 0 aliphatic rings. The third-order valence-electron chi connectivity index (χ3n) is 1.55. The summed E-state index contributed by atoms with van der Waals surface area (Å²) in [4.78, 5) is 10.3. The van der Waals surface area contributed by atoms with Gasteiger partial charge < -0.3 is 5.73 Å². The van der Waals surface area contributed by atoms with E-state index in [9.17, 15) is 9.18 Å². The molecule has 0 unspecified atom stereocenters. The van der Waals surface area contributed by atoms with Crippen molar-refractivity contribution < 1.29 is 9.18 Å². The Morgan fingerprint density at radius 2 is 2.40 bits per heavy atom. The van der Waals surface area contributed by atoms with Crippen LogP contribution in [0, 0.1) is 18.2 Å². The van der Waals surface area contributed by atoms with E-state index in [1.165, 1.54) is 12.1 Å². The second-order valence-electron chi connectivity index (χ2n) is 2.61. The molecule has 76 valence electrons. The maximum Gasteiger partial charge on any atom is 0.332 e. The van der Waals surface area contributed by atoms with Gasteiger partial charge in [-0.3, -0.25) is 0 Å². The van der Waals surface area contributed by atoms with E-state index in [1.54, 1.807) is 6.07 Å². The van der Waals surface area contributed by atoms with Gasteiger partial charge in [-0.25, -0.2) is 14.6 Å². The number of urea groups is 1. The zero-order valence-electron chi connectivity index (χ0n) is 7.70. The van der Waals surface area contributed by atoms with Crippen molar-refractivity contribution >= 4 is 12.2 Å². The maximum atomic E-state index is 13.2. The van der Waals surface area contributed by atoms with E-state index < -0.39 is 11.8 Å². The summed E-state index contributed by atoms with van der Waals surface area (Å²) in [7, 11) is 0. The first-order valence-corrected chi connectivity index (χ1v) is 3.98. The molecule has 0 saturated heterocycles. The van der Waals surface area contributed by atoms with Gasteiger partial charge in [0.2, 0.25) is 0 Å². The van der Waals surface area contributed by atoms with Crippen LogP contribution < -0.4 is 11.2 Å². The van der Waals surface area contributed by atoms with Gasteiger partial charge in [-0.05, 0) is 18.2 Å². The minimum atomic E-state index is -0.813. The predicted octanol–water partition coefficient (Wildman–Crippen LogP) is 0.809. The van der Waals surface area contributed by atoms with Gasteiger partial charge in [0, 0.05) is 11.1 Å². The molecule has 3 N–H and O–H groups in total. The van der Waals surface area contributed by atoms with Gasteiger partial charge in [-0.15, -0.1) is 6.42 Å². The summed E-state index contributed by atoms with van der Waals surface area (Å²) in [6, 6.07) is 3.41. The van der Waals surface area contributed by atoms with Crippen molar-refractivity contribution in [2.24, 2.45) is 10.8 Å². The number of carbonyl (C=O) groups excluding carboxylic acids is 1. The average molecular weight is 205 g/mol. The Morgan fingerprint density at radius 3 is 2.93 bits per heavy atom. The number of nitrogens with two attached hydrogens (primary N) is 1. The molecule has 0 aliphatic carbocycles. The lowest BCUT2D eigenvalue weighted by Gasteiger charge is -1.97. The summed E-state index contributed by atoms with van der Waals surface area (Å²) >= 11 is 0. The van der Waals surface area contributed by atoms with Crippen LogP contribution >= 0.6 is 0 Å². The van der Waals surface area contributed by atoms with Gasteiger partial charge in [-0.2, -0.15) is 5.10 Å². The Kier molecular flexibility index (Phi) is 3.41. The molecular formula is C10H8FN3O. The summed E-state index contributed by atoms with van der Waals surface area (Å²) in [5.41, 5.74) is 7.36. The highest BCUT2D eigenvalue weighted by molar-refractivity contribution is 5.81. The number of primary amides is 1. The molecule has 0 aromatic heterocycles. The normalized spacial score (nSPS) is 9.87. The van der Waals surface area contributed by atoms with E-state index in [0.29, 0.717) is 5.56 Å². The first kappa shape index (κ1) is 10.7. The van der Waals surface area contributed by atoms with Crippen LogP contribution in [-0.4, -0.2) is 12.2 Å². The van der Waals surface area contributed by atoms with Crippen molar-refractivity contribution in [3.05, 3.63) is 35.1 Å². The second kappa shape index (κ2) is 4.77. The Hall–Kier alpha value is -2.35. The van der Waals surface area contributed by atoms with Crippen LogP contribution in [0.1, 0.15) is 11.1 Å². The third-order valence-corrected chi connectivity index (χ3v) is 1.55. The molecule has 2 amide bonds. The van der Waals surface area contributed by atoms with Gasteiger partial charge in [-0.1, -0.05) is 5.92 Å². The Balaban J connectivity index is 2.83. The quantitative estimate of drug-likeness (QED) is 0.418. The van der Waals surface area contributed by atoms with E-state index in [-0.39, 0.29) is 5.56 Å². The Labute approximate surface area is 86.0 Å². The Morgan fingerprint density at radius 1 is 1.67 bits per heavy atom. The number of carbonyl (C=O) groups is 1. The molecule has 15 heavy (non-hydrogen) atoms. The molecular weight excluding hydrogens is 197 g/mol. The standard InChI is InChI=1S/C10H8FN3O/c1-2-7-3-4-8(9(11)5-7)6-13-14-10(12)15/h1,3-6H,(H3,12,14,15). The molecule has 1 aromatic carbocycles. The lowest BCUT2D eigenvalue weighted by molar-refractivity contribution is 0.249. The monoisotopic (exact) mass is 205 g/mol. The largest absolute Gasteiger partial charge is 0.350 e. The summed E-state index contributed by atoms with van der Waals surface area (Å²) in [5.74, 6) is 1.78. The van der Waals surface area contributed by atoms with Crippen molar-refractivity contribution in [1.82, 2.24) is 5.43 Å². The number of nitrogens with one attached hydrogen (secondary N) is 1. The molecule has 0 spiro atoms. The van der Waals surface area contributed by atoms with E-state index in [4.69, 9.17) is 12.2 Å². The van der Waals surface area contributed by atoms with Crippen LogP contribution in [0.2, 0.25) is 0 Å². The lowest BCUT2D eigenvalue weighted by atomic mass is 10.1. The molecule has 4 nitrogen and oxygen atoms in total.